The fraction of sp³-hybridized carbons (Fsp3) is 0.600. The maximum Gasteiger partial charge on any atom is 0.175 e. The van der Waals surface area contributed by atoms with Crippen LogP contribution in [0.1, 0.15) is 32.8 Å². The highest BCUT2D eigenvalue weighted by Gasteiger charge is 2.20. The van der Waals surface area contributed by atoms with Crippen LogP contribution < -0.4 is 14.8 Å². The molecular weight excluding hydrogens is 322 g/mol. The van der Waals surface area contributed by atoms with Crippen LogP contribution in [0.2, 0.25) is 0 Å². The molecule has 0 fully saturated rings. The molecule has 4 nitrogen and oxygen atoms in total. The number of hydrogen-bond acceptors (Lipinski definition) is 4. The van der Waals surface area contributed by atoms with Crippen molar-refractivity contribution in [1.29, 1.82) is 0 Å². The third-order valence-corrected chi connectivity index (χ3v) is 4.02. The normalized spacial score (nSPS) is 13.9. The van der Waals surface area contributed by atoms with Crippen LogP contribution in [-0.4, -0.2) is 31.0 Å². The molecule has 0 aliphatic heterocycles. The fourth-order valence-electron chi connectivity index (χ4n) is 1.77. The van der Waals surface area contributed by atoms with Crippen LogP contribution in [0.5, 0.6) is 11.5 Å². The Hall–Kier alpha value is -0.780. The average molecular weight is 346 g/mol. The smallest absolute Gasteiger partial charge is 0.175 e. The predicted molar refractivity (Wildman–Crippen MR) is 84.5 cm³/mol. The van der Waals surface area contributed by atoms with E-state index in [-0.39, 0.29) is 12.1 Å². The van der Waals surface area contributed by atoms with Gasteiger partial charge in [0.05, 0.1) is 24.8 Å². The van der Waals surface area contributed by atoms with Crippen molar-refractivity contribution < 1.29 is 14.6 Å². The van der Waals surface area contributed by atoms with Gasteiger partial charge < -0.3 is 19.9 Å². The Bertz CT molecular complexity index is 433. The Balaban J connectivity index is 2.89. The zero-order chi connectivity index (χ0) is 15.2. The molecule has 20 heavy (non-hydrogen) atoms. The zero-order valence-corrected chi connectivity index (χ0v) is 14.2. The monoisotopic (exact) mass is 345 g/mol. The van der Waals surface area contributed by atoms with Crippen molar-refractivity contribution in [3.05, 3.63) is 22.2 Å². The summed E-state index contributed by atoms with van der Waals surface area (Å²) < 4.78 is 11.8. The molecule has 1 rings (SSSR count). The van der Waals surface area contributed by atoms with Crippen molar-refractivity contribution in [2.24, 2.45) is 0 Å². The van der Waals surface area contributed by atoms with Gasteiger partial charge in [-0.1, -0.05) is 6.92 Å². The summed E-state index contributed by atoms with van der Waals surface area (Å²) in [5.41, 5.74) is 0.809. The van der Waals surface area contributed by atoms with Gasteiger partial charge in [-0.25, -0.2) is 0 Å². The molecule has 1 unspecified atom stereocenters. The molecule has 0 heterocycles. The molecule has 0 amide bonds. The lowest BCUT2D eigenvalue weighted by Crippen LogP contribution is -2.44. The van der Waals surface area contributed by atoms with Crippen molar-refractivity contribution in [2.75, 3.05) is 20.3 Å². The van der Waals surface area contributed by atoms with Gasteiger partial charge in [0, 0.05) is 12.1 Å². The van der Waals surface area contributed by atoms with E-state index in [0.717, 1.165) is 22.2 Å². The van der Waals surface area contributed by atoms with Gasteiger partial charge in [0.25, 0.3) is 0 Å². The van der Waals surface area contributed by atoms with E-state index >= 15 is 0 Å². The van der Waals surface area contributed by atoms with Crippen molar-refractivity contribution in [3.8, 4) is 11.5 Å². The Morgan fingerprint density at radius 1 is 1.35 bits per heavy atom. The van der Waals surface area contributed by atoms with Gasteiger partial charge in [0.15, 0.2) is 11.5 Å². The summed E-state index contributed by atoms with van der Waals surface area (Å²) in [6.45, 7) is 7.36. The van der Waals surface area contributed by atoms with E-state index < -0.39 is 0 Å². The van der Waals surface area contributed by atoms with E-state index in [0.29, 0.717) is 18.9 Å². The number of ether oxygens (including phenoxy) is 2. The van der Waals surface area contributed by atoms with E-state index in [9.17, 15) is 5.11 Å². The van der Waals surface area contributed by atoms with Crippen LogP contribution in [0.15, 0.2) is 16.6 Å². The van der Waals surface area contributed by atoms with Crippen molar-refractivity contribution in [1.82, 2.24) is 5.32 Å². The molecule has 114 valence electrons. The molecule has 0 radical (unpaired) electrons. The molecule has 0 bridgehead atoms. The number of hydrogen-bond donors (Lipinski definition) is 2. The Morgan fingerprint density at radius 3 is 2.55 bits per heavy atom. The van der Waals surface area contributed by atoms with E-state index in [4.69, 9.17) is 9.47 Å². The number of aliphatic hydroxyl groups is 1. The molecule has 1 aromatic carbocycles. The largest absolute Gasteiger partial charge is 0.493 e. The molecule has 1 atom stereocenters. The average Bonchev–Trinajstić information content (AvgIpc) is 2.47. The summed E-state index contributed by atoms with van der Waals surface area (Å²) >= 11 is 3.51. The minimum atomic E-state index is -0.266. The number of nitrogens with one attached hydrogen (secondary N) is 1. The first kappa shape index (κ1) is 17.3. The zero-order valence-electron chi connectivity index (χ0n) is 12.6. The third-order valence-electron chi connectivity index (χ3n) is 3.43. The van der Waals surface area contributed by atoms with Gasteiger partial charge in [-0.05, 0) is 53.9 Å². The summed E-state index contributed by atoms with van der Waals surface area (Å²) in [6.07, 6.45) is 0.860. The summed E-state index contributed by atoms with van der Waals surface area (Å²) in [5, 5.41) is 12.8. The third kappa shape index (κ3) is 4.36. The molecule has 0 aromatic heterocycles. The van der Waals surface area contributed by atoms with Crippen LogP contribution >= 0.6 is 15.9 Å². The van der Waals surface area contributed by atoms with Gasteiger partial charge >= 0.3 is 0 Å². The highest BCUT2D eigenvalue weighted by atomic mass is 79.9. The lowest BCUT2D eigenvalue weighted by molar-refractivity contribution is 0.169. The molecule has 5 heteroatoms. The lowest BCUT2D eigenvalue weighted by atomic mass is 10.00. The molecule has 0 saturated heterocycles. The fourth-order valence-corrected chi connectivity index (χ4v) is 2.37. The van der Waals surface area contributed by atoms with E-state index in [2.05, 4.69) is 28.2 Å². The van der Waals surface area contributed by atoms with Crippen molar-refractivity contribution >= 4 is 15.9 Å². The molecule has 0 aliphatic carbocycles. The van der Waals surface area contributed by atoms with E-state index in [1.165, 1.54) is 0 Å². The molecule has 0 saturated carbocycles. The van der Waals surface area contributed by atoms with Gasteiger partial charge in [-0.15, -0.1) is 0 Å². The van der Waals surface area contributed by atoms with Crippen LogP contribution in [0, 0.1) is 0 Å². The molecular formula is C15H24BrNO3. The lowest BCUT2D eigenvalue weighted by Gasteiger charge is -2.27. The van der Waals surface area contributed by atoms with Crippen LogP contribution in [0.4, 0.5) is 0 Å². The first-order valence-corrected chi connectivity index (χ1v) is 7.64. The predicted octanol–water partition coefficient (Wildman–Crippen LogP) is 3.11. The molecule has 0 spiro atoms. The second kappa shape index (κ2) is 7.86. The highest BCUT2D eigenvalue weighted by molar-refractivity contribution is 9.10. The molecule has 0 aliphatic rings. The first-order valence-electron chi connectivity index (χ1n) is 6.84. The van der Waals surface area contributed by atoms with Gasteiger partial charge in [0.2, 0.25) is 0 Å². The SMILES string of the molecule is CCOc1c(Br)cc(CNC(C)(CC)CO)cc1OC. The molecule has 1 aromatic rings. The quantitative estimate of drug-likeness (QED) is 0.760. The number of rotatable bonds is 8. The summed E-state index contributed by atoms with van der Waals surface area (Å²) in [6, 6.07) is 3.96. The second-order valence-corrected chi connectivity index (χ2v) is 5.82. The second-order valence-electron chi connectivity index (χ2n) is 4.97. The summed E-state index contributed by atoms with van der Waals surface area (Å²) in [4.78, 5) is 0. The number of methoxy groups -OCH3 is 1. The summed E-state index contributed by atoms with van der Waals surface area (Å²) in [5.74, 6) is 1.43. The summed E-state index contributed by atoms with van der Waals surface area (Å²) in [7, 11) is 1.63. The number of aliphatic hydroxyl groups excluding tert-OH is 1. The number of benzene rings is 1. The van der Waals surface area contributed by atoms with Gasteiger partial charge in [-0.2, -0.15) is 0 Å². The van der Waals surface area contributed by atoms with Crippen LogP contribution in [0.25, 0.3) is 0 Å². The minimum Gasteiger partial charge on any atom is -0.493 e. The maximum absolute atomic E-state index is 9.42. The maximum atomic E-state index is 9.42. The van der Waals surface area contributed by atoms with Gasteiger partial charge in [-0.3, -0.25) is 0 Å². The van der Waals surface area contributed by atoms with Crippen molar-refractivity contribution in [2.45, 2.75) is 39.3 Å². The van der Waals surface area contributed by atoms with Crippen molar-refractivity contribution in [3.63, 3.8) is 0 Å². The topological polar surface area (TPSA) is 50.7 Å². The van der Waals surface area contributed by atoms with Crippen LogP contribution in [-0.2, 0) is 6.54 Å². The van der Waals surface area contributed by atoms with Gasteiger partial charge in [0.1, 0.15) is 0 Å². The van der Waals surface area contributed by atoms with E-state index in [1.807, 2.05) is 26.0 Å². The Morgan fingerprint density at radius 2 is 2.05 bits per heavy atom. The Labute approximate surface area is 129 Å². The van der Waals surface area contributed by atoms with E-state index in [1.54, 1.807) is 7.11 Å². The standard InChI is InChI=1S/C15H24BrNO3/c1-5-15(3,10-18)17-9-11-7-12(16)14(20-6-2)13(8-11)19-4/h7-8,17-18H,5-6,9-10H2,1-4H3. The first-order chi connectivity index (χ1) is 9.49. The Kier molecular flexibility index (Phi) is 6.79. The highest BCUT2D eigenvalue weighted by Crippen LogP contribution is 2.36. The van der Waals surface area contributed by atoms with Crippen LogP contribution in [0.3, 0.4) is 0 Å². The molecule has 2 N–H and O–H groups in total. The minimum absolute atomic E-state index is 0.110. The number of halogens is 1.